The number of carboxylic acids is 1. The molecule has 0 bridgehead atoms. The standard InChI is InChI=1S/C26H33FN4O4/c1-5-34-25-12-23(21(27)14-28-25)30-11-10-24(16(2)15-30)35-20-8-6-19(7-9-20)31-22(13-26(32)33)17(3)18(4)29-31/h6-9,12,14,16-17,22,24H,5,10-11,13,15H2,1-4H3,(H,32,33). The third-order valence-corrected chi connectivity index (χ3v) is 6.86. The van der Waals surface area contributed by atoms with Crippen molar-refractivity contribution in [3.05, 3.63) is 42.3 Å². The van der Waals surface area contributed by atoms with Gasteiger partial charge in [-0.1, -0.05) is 13.8 Å². The van der Waals surface area contributed by atoms with E-state index in [9.17, 15) is 14.3 Å². The van der Waals surface area contributed by atoms with Crippen LogP contribution >= 0.6 is 0 Å². The van der Waals surface area contributed by atoms with Crippen molar-refractivity contribution in [2.24, 2.45) is 16.9 Å². The number of benzene rings is 1. The van der Waals surface area contributed by atoms with Gasteiger partial charge in [0.25, 0.3) is 0 Å². The fraction of sp³-hybridized carbons (Fsp3) is 0.500. The number of hydrogen-bond acceptors (Lipinski definition) is 7. The number of carboxylic acid groups (broad SMARTS) is 1. The van der Waals surface area contributed by atoms with Gasteiger partial charge in [-0.2, -0.15) is 5.10 Å². The molecule has 2 aliphatic heterocycles. The molecule has 3 heterocycles. The number of aromatic nitrogens is 1. The van der Waals surface area contributed by atoms with E-state index in [1.807, 2.05) is 49.9 Å². The molecule has 0 aliphatic carbocycles. The van der Waals surface area contributed by atoms with Crippen LogP contribution in [0.15, 0.2) is 41.6 Å². The smallest absolute Gasteiger partial charge is 0.305 e. The number of carbonyl (C=O) groups is 1. The Morgan fingerprint density at radius 1 is 1.26 bits per heavy atom. The summed E-state index contributed by atoms with van der Waals surface area (Å²) in [5.41, 5.74) is 2.27. The van der Waals surface area contributed by atoms with Gasteiger partial charge in [-0.25, -0.2) is 9.37 Å². The lowest BCUT2D eigenvalue weighted by molar-refractivity contribution is -0.137. The van der Waals surface area contributed by atoms with Crippen molar-refractivity contribution >= 4 is 23.1 Å². The van der Waals surface area contributed by atoms with Gasteiger partial charge in [-0.3, -0.25) is 9.80 Å². The van der Waals surface area contributed by atoms with E-state index in [1.54, 1.807) is 11.1 Å². The highest BCUT2D eigenvalue weighted by atomic mass is 19.1. The molecule has 1 fully saturated rings. The van der Waals surface area contributed by atoms with Crippen LogP contribution in [0.1, 0.15) is 40.5 Å². The average molecular weight is 485 g/mol. The average Bonchev–Trinajstić information content (AvgIpc) is 3.10. The predicted molar refractivity (Wildman–Crippen MR) is 133 cm³/mol. The van der Waals surface area contributed by atoms with Crippen LogP contribution in [0.4, 0.5) is 15.8 Å². The number of hydrogen-bond donors (Lipinski definition) is 1. The zero-order valence-corrected chi connectivity index (χ0v) is 20.6. The quantitative estimate of drug-likeness (QED) is 0.586. The Morgan fingerprint density at radius 2 is 2.00 bits per heavy atom. The maximum absolute atomic E-state index is 14.4. The van der Waals surface area contributed by atoms with E-state index in [-0.39, 0.29) is 36.2 Å². The van der Waals surface area contributed by atoms with E-state index in [0.717, 1.165) is 23.6 Å². The van der Waals surface area contributed by atoms with Crippen LogP contribution in [0, 0.1) is 17.7 Å². The van der Waals surface area contributed by atoms with Gasteiger partial charge < -0.3 is 19.5 Å². The topological polar surface area (TPSA) is 87.5 Å². The van der Waals surface area contributed by atoms with Gasteiger partial charge in [0, 0.05) is 43.1 Å². The molecular weight excluding hydrogens is 451 g/mol. The molecule has 35 heavy (non-hydrogen) atoms. The van der Waals surface area contributed by atoms with Crippen LogP contribution in [0.5, 0.6) is 11.6 Å². The van der Waals surface area contributed by atoms with Crippen LogP contribution in [0.2, 0.25) is 0 Å². The minimum Gasteiger partial charge on any atom is -0.490 e. The molecule has 8 nitrogen and oxygen atoms in total. The summed E-state index contributed by atoms with van der Waals surface area (Å²) in [7, 11) is 0. The summed E-state index contributed by atoms with van der Waals surface area (Å²) in [4.78, 5) is 17.3. The molecule has 1 aromatic carbocycles. The van der Waals surface area contributed by atoms with E-state index >= 15 is 0 Å². The summed E-state index contributed by atoms with van der Waals surface area (Å²) in [5.74, 6) is 0.229. The van der Waals surface area contributed by atoms with Crippen LogP contribution < -0.4 is 19.4 Å². The summed E-state index contributed by atoms with van der Waals surface area (Å²) in [5, 5.41) is 15.7. The largest absolute Gasteiger partial charge is 0.490 e. The molecule has 2 aromatic rings. The molecule has 188 valence electrons. The maximum Gasteiger partial charge on any atom is 0.305 e. The highest BCUT2D eigenvalue weighted by molar-refractivity contribution is 5.89. The number of pyridine rings is 1. The summed E-state index contributed by atoms with van der Waals surface area (Å²) in [6.07, 6.45) is 1.99. The second kappa shape index (κ2) is 10.5. The number of halogens is 1. The first-order valence-corrected chi connectivity index (χ1v) is 12.1. The molecule has 1 aromatic heterocycles. The van der Waals surface area contributed by atoms with Crippen LogP contribution in [-0.2, 0) is 4.79 Å². The Balaban J connectivity index is 1.39. The zero-order valence-electron chi connectivity index (χ0n) is 20.6. The van der Waals surface area contributed by atoms with E-state index < -0.39 is 5.97 Å². The highest BCUT2D eigenvalue weighted by Gasteiger charge is 2.35. The van der Waals surface area contributed by atoms with Crippen LogP contribution in [0.3, 0.4) is 0 Å². The molecule has 1 N–H and O–H groups in total. The lowest BCUT2D eigenvalue weighted by Crippen LogP contribution is -2.44. The van der Waals surface area contributed by atoms with Crippen LogP contribution in [-0.4, -0.2) is 53.6 Å². The number of hydrazone groups is 1. The Labute approximate surface area is 205 Å². The minimum atomic E-state index is -0.835. The van der Waals surface area contributed by atoms with Gasteiger partial charge >= 0.3 is 5.97 Å². The van der Waals surface area contributed by atoms with Crippen molar-refractivity contribution in [2.45, 2.75) is 52.7 Å². The number of nitrogens with zero attached hydrogens (tertiary/aromatic N) is 4. The fourth-order valence-corrected chi connectivity index (χ4v) is 4.77. The molecular formula is C26H33FN4O4. The van der Waals surface area contributed by atoms with E-state index in [2.05, 4.69) is 17.0 Å². The molecule has 1 saturated heterocycles. The van der Waals surface area contributed by atoms with Gasteiger partial charge in [-0.05, 0) is 38.1 Å². The Bertz CT molecular complexity index is 1080. The SMILES string of the molecule is CCOc1cc(N2CCC(Oc3ccc(N4N=C(C)C(C)C4CC(=O)O)cc3)C(C)C2)c(F)cn1. The van der Waals surface area contributed by atoms with Crippen molar-refractivity contribution in [1.82, 2.24) is 4.98 Å². The third-order valence-electron chi connectivity index (χ3n) is 6.86. The second-order valence-corrected chi connectivity index (χ2v) is 9.31. The van der Waals surface area contributed by atoms with Crippen LogP contribution in [0.25, 0.3) is 0 Å². The summed E-state index contributed by atoms with van der Waals surface area (Å²) in [6.45, 7) is 9.71. The molecule has 0 saturated carbocycles. The van der Waals surface area contributed by atoms with Gasteiger partial charge in [0.2, 0.25) is 5.88 Å². The second-order valence-electron chi connectivity index (χ2n) is 9.31. The summed E-state index contributed by atoms with van der Waals surface area (Å²) < 4.78 is 26.2. The van der Waals surface area contributed by atoms with E-state index in [0.29, 0.717) is 31.3 Å². The molecule has 0 amide bonds. The Morgan fingerprint density at radius 3 is 2.66 bits per heavy atom. The van der Waals surface area contributed by atoms with Crippen molar-refractivity contribution in [1.29, 1.82) is 0 Å². The highest BCUT2D eigenvalue weighted by Crippen LogP contribution is 2.33. The monoisotopic (exact) mass is 484 g/mol. The number of aliphatic carboxylic acids is 1. The molecule has 2 aliphatic rings. The van der Waals surface area contributed by atoms with Gasteiger partial charge in [0.1, 0.15) is 11.9 Å². The lowest BCUT2D eigenvalue weighted by Gasteiger charge is -2.38. The van der Waals surface area contributed by atoms with Crippen molar-refractivity contribution in [3.8, 4) is 11.6 Å². The first kappa shape index (κ1) is 24.8. The van der Waals surface area contributed by atoms with Crippen molar-refractivity contribution in [3.63, 3.8) is 0 Å². The van der Waals surface area contributed by atoms with Gasteiger partial charge in [0.15, 0.2) is 5.82 Å². The third kappa shape index (κ3) is 5.49. The molecule has 0 radical (unpaired) electrons. The molecule has 4 rings (SSSR count). The maximum atomic E-state index is 14.4. The molecule has 0 spiro atoms. The molecule has 4 unspecified atom stereocenters. The summed E-state index contributed by atoms with van der Waals surface area (Å²) in [6, 6.07) is 9.09. The minimum absolute atomic E-state index is 0.000179. The molecule has 4 atom stereocenters. The number of anilines is 2. The van der Waals surface area contributed by atoms with Gasteiger partial charge in [0.05, 0.1) is 36.6 Å². The number of piperidine rings is 1. The van der Waals surface area contributed by atoms with E-state index in [4.69, 9.17) is 9.47 Å². The Hall–Kier alpha value is -3.36. The molecule has 9 heteroatoms. The lowest BCUT2D eigenvalue weighted by atomic mass is 9.95. The van der Waals surface area contributed by atoms with Gasteiger partial charge in [-0.15, -0.1) is 0 Å². The Kier molecular flexibility index (Phi) is 7.42. The van der Waals surface area contributed by atoms with Crippen molar-refractivity contribution in [2.75, 3.05) is 29.6 Å². The first-order valence-electron chi connectivity index (χ1n) is 12.1. The first-order chi connectivity index (χ1) is 16.8. The normalized spacial score (nSPS) is 24.3. The van der Waals surface area contributed by atoms with E-state index in [1.165, 1.54) is 6.20 Å². The fourth-order valence-electron chi connectivity index (χ4n) is 4.77. The number of ether oxygens (including phenoxy) is 2. The van der Waals surface area contributed by atoms with Crippen molar-refractivity contribution < 1.29 is 23.8 Å². The zero-order chi connectivity index (χ0) is 25.1. The predicted octanol–water partition coefficient (Wildman–Crippen LogP) is 4.59. The summed E-state index contributed by atoms with van der Waals surface area (Å²) >= 11 is 0. The number of rotatable bonds is 8.